The fraction of sp³-hybridized carbons (Fsp3) is 0.133. The minimum Gasteiger partial charge on any atom is -0.465 e. The van der Waals surface area contributed by atoms with Crippen LogP contribution in [0.5, 0.6) is 0 Å². The lowest BCUT2D eigenvalue weighted by Gasteiger charge is -2.22. The van der Waals surface area contributed by atoms with Crippen LogP contribution in [0.1, 0.15) is 11.1 Å². The third-order valence-corrected chi connectivity index (χ3v) is 3.86. The topological polar surface area (TPSA) is 26.3 Å². The molecule has 0 radical (unpaired) electrons. The molecule has 0 unspecified atom stereocenters. The van der Waals surface area contributed by atoms with Crippen LogP contribution in [0, 0.1) is 0 Å². The Bertz CT molecular complexity index is 561. The average molecular weight is 259 g/mol. The number of hydrogen-bond acceptors (Lipinski definition) is 2. The quantitative estimate of drug-likeness (QED) is 0.624. The fourth-order valence-electron chi connectivity index (χ4n) is 2.58. The van der Waals surface area contributed by atoms with E-state index in [1.807, 2.05) is 48.5 Å². The van der Waals surface area contributed by atoms with Gasteiger partial charge in [0.1, 0.15) is 11.5 Å². The Morgan fingerprint density at radius 2 is 1.50 bits per heavy atom. The van der Waals surface area contributed by atoms with E-state index >= 15 is 0 Å². The number of halogens is 1. The molecule has 2 aromatic rings. The Labute approximate surface area is 110 Å². The predicted molar refractivity (Wildman–Crippen MR) is 70.5 cm³/mol. The van der Waals surface area contributed by atoms with Crippen molar-refractivity contribution in [3.05, 3.63) is 59.7 Å². The van der Waals surface area contributed by atoms with Crippen molar-refractivity contribution in [2.24, 2.45) is 0 Å². The minimum atomic E-state index is -0.770. The molecule has 0 spiro atoms. The van der Waals surface area contributed by atoms with Crippen molar-refractivity contribution in [2.75, 3.05) is 6.61 Å². The molecule has 0 aliphatic heterocycles. The van der Waals surface area contributed by atoms with Crippen molar-refractivity contribution >= 4 is 18.1 Å². The molecule has 0 fully saturated rings. The summed E-state index contributed by atoms with van der Waals surface area (Å²) in [5.41, 5.74) is 4.21. The third kappa shape index (κ3) is 1.46. The van der Waals surface area contributed by atoms with Gasteiger partial charge in [-0.3, -0.25) is 4.79 Å². The van der Waals surface area contributed by atoms with Crippen molar-refractivity contribution in [1.82, 2.24) is 0 Å². The number of rotatable bonds is 3. The van der Waals surface area contributed by atoms with Gasteiger partial charge in [0.05, 0.1) is 0 Å². The zero-order valence-corrected chi connectivity index (χ0v) is 10.4. The third-order valence-electron chi connectivity index (χ3n) is 3.35. The highest BCUT2D eigenvalue weighted by atomic mass is 35.5. The van der Waals surface area contributed by atoms with Crippen molar-refractivity contribution in [2.45, 2.75) is 4.87 Å². The van der Waals surface area contributed by atoms with Gasteiger partial charge in [-0.1, -0.05) is 48.5 Å². The molecule has 2 aromatic carbocycles. The summed E-state index contributed by atoms with van der Waals surface area (Å²) in [7, 11) is 0. The second-order valence-electron chi connectivity index (χ2n) is 4.30. The van der Waals surface area contributed by atoms with Gasteiger partial charge in [0.2, 0.25) is 0 Å². The molecule has 18 heavy (non-hydrogen) atoms. The lowest BCUT2D eigenvalue weighted by molar-refractivity contribution is -0.129. The van der Waals surface area contributed by atoms with Gasteiger partial charge in [-0.25, -0.2) is 0 Å². The van der Waals surface area contributed by atoms with Gasteiger partial charge in [-0.2, -0.15) is 0 Å². The van der Waals surface area contributed by atoms with Crippen LogP contribution in [-0.2, 0) is 14.4 Å². The number of ether oxygens (including phenoxy) is 1. The highest BCUT2D eigenvalue weighted by Crippen LogP contribution is 2.51. The maximum Gasteiger partial charge on any atom is 0.293 e. The largest absolute Gasteiger partial charge is 0.465 e. The number of alkyl halides is 1. The van der Waals surface area contributed by atoms with E-state index in [-0.39, 0.29) is 6.61 Å². The molecule has 2 nitrogen and oxygen atoms in total. The van der Waals surface area contributed by atoms with E-state index < -0.39 is 4.87 Å². The van der Waals surface area contributed by atoms with Gasteiger partial charge in [-0.15, -0.1) is 11.6 Å². The van der Waals surface area contributed by atoms with Crippen LogP contribution in [0.4, 0.5) is 0 Å². The Hall–Kier alpha value is -1.80. The zero-order chi connectivity index (χ0) is 12.6. The molecule has 0 amide bonds. The van der Waals surface area contributed by atoms with Crippen LogP contribution in [0.25, 0.3) is 11.1 Å². The number of carbonyl (C=O) groups excluding carboxylic acids is 1. The van der Waals surface area contributed by atoms with Crippen LogP contribution >= 0.6 is 11.6 Å². The van der Waals surface area contributed by atoms with Crippen molar-refractivity contribution in [1.29, 1.82) is 0 Å². The van der Waals surface area contributed by atoms with Gasteiger partial charge in [0.15, 0.2) is 0 Å². The SMILES string of the molecule is O=COCC1(Cl)c2ccccc2-c2ccccc21. The molecule has 1 aliphatic carbocycles. The first kappa shape index (κ1) is 11.3. The number of hydrogen-bond donors (Lipinski definition) is 0. The van der Waals surface area contributed by atoms with E-state index in [0.29, 0.717) is 6.47 Å². The molecule has 90 valence electrons. The smallest absolute Gasteiger partial charge is 0.293 e. The second kappa shape index (κ2) is 4.14. The van der Waals surface area contributed by atoms with Gasteiger partial charge in [-0.05, 0) is 22.3 Å². The van der Waals surface area contributed by atoms with Crippen LogP contribution in [0.15, 0.2) is 48.5 Å². The van der Waals surface area contributed by atoms with Crippen LogP contribution in [0.2, 0.25) is 0 Å². The molecule has 1 aliphatic rings. The molecule has 3 rings (SSSR count). The number of benzene rings is 2. The van der Waals surface area contributed by atoms with E-state index in [0.717, 1.165) is 22.3 Å². The van der Waals surface area contributed by atoms with Crippen LogP contribution < -0.4 is 0 Å². The number of carbonyl (C=O) groups is 1. The molecule has 0 aromatic heterocycles. The molecule has 0 heterocycles. The van der Waals surface area contributed by atoms with Crippen LogP contribution in [0.3, 0.4) is 0 Å². The average Bonchev–Trinajstić information content (AvgIpc) is 2.69. The van der Waals surface area contributed by atoms with Crippen molar-refractivity contribution < 1.29 is 9.53 Å². The summed E-state index contributed by atoms with van der Waals surface area (Å²) in [6.45, 7) is 0.583. The Morgan fingerprint density at radius 3 is 2.00 bits per heavy atom. The molecule has 0 atom stereocenters. The van der Waals surface area contributed by atoms with Crippen molar-refractivity contribution in [3.63, 3.8) is 0 Å². The Morgan fingerprint density at radius 1 is 1.00 bits per heavy atom. The van der Waals surface area contributed by atoms with Crippen LogP contribution in [-0.4, -0.2) is 13.1 Å². The van der Waals surface area contributed by atoms with Gasteiger partial charge < -0.3 is 4.74 Å². The predicted octanol–water partition coefficient (Wildman–Crippen LogP) is 3.32. The summed E-state index contributed by atoms with van der Waals surface area (Å²) in [5.74, 6) is 0. The zero-order valence-electron chi connectivity index (χ0n) is 9.60. The molecule has 3 heteroatoms. The second-order valence-corrected chi connectivity index (χ2v) is 4.94. The minimum absolute atomic E-state index is 0.145. The fourth-order valence-corrected chi connectivity index (χ4v) is 2.97. The molecule has 0 N–H and O–H groups in total. The van der Waals surface area contributed by atoms with E-state index in [4.69, 9.17) is 16.3 Å². The first-order chi connectivity index (χ1) is 8.77. The molecular formula is C15H11ClO2. The lowest BCUT2D eigenvalue weighted by Crippen LogP contribution is -2.24. The van der Waals surface area contributed by atoms with Gasteiger partial charge in [0, 0.05) is 0 Å². The van der Waals surface area contributed by atoms with E-state index in [2.05, 4.69) is 0 Å². The van der Waals surface area contributed by atoms with Gasteiger partial charge >= 0.3 is 0 Å². The Kier molecular flexibility index (Phi) is 2.60. The number of fused-ring (bicyclic) bond motifs is 3. The molecule has 0 saturated carbocycles. The summed E-state index contributed by atoms with van der Waals surface area (Å²) in [6.07, 6.45) is 0. The first-order valence-electron chi connectivity index (χ1n) is 5.71. The summed E-state index contributed by atoms with van der Waals surface area (Å²) in [6, 6.07) is 15.9. The van der Waals surface area contributed by atoms with Gasteiger partial charge in [0.25, 0.3) is 6.47 Å². The molecular weight excluding hydrogens is 248 g/mol. The summed E-state index contributed by atoms with van der Waals surface area (Å²) in [5, 5.41) is 0. The summed E-state index contributed by atoms with van der Waals surface area (Å²) < 4.78 is 4.92. The standard InChI is InChI=1S/C15H11ClO2/c16-15(9-18-10-17)13-7-3-1-5-11(13)12-6-2-4-8-14(12)15/h1-8,10H,9H2. The van der Waals surface area contributed by atoms with E-state index in [9.17, 15) is 4.79 Å². The molecule has 0 bridgehead atoms. The van der Waals surface area contributed by atoms with E-state index in [1.165, 1.54) is 0 Å². The highest BCUT2D eigenvalue weighted by molar-refractivity contribution is 6.28. The van der Waals surface area contributed by atoms with Crippen molar-refractivity contribution in [3.8, 4) is 11.1 Å². The summed E-state index contributed by atoms with van der Waals surface area (Å²) in [4.78, 5) is 9.68. The normalized spacial score (nSPS) is 14.7. The Balaban J connectivity index is 2.23. The van der Waals surface area contributed by atoms with E-state index in [1.54, 1.807) is 0 Å². The first-order valence-corrected chi connectivity index (χ1v) is 6.09. The monoisotopic (exact) mass is 258 g/mol. The maximum atomic E-state index is 10.4. The maximum absolute atomic E-state index is 10.4. The summed E-state index contributed by atoms with van der Waals surface area (Å²) >= 11 is 6.73. The highest BCUT2D eigenvalue weighted by Gasteiger charge is 2.42. The lowest BCUT2D eigenvalue weighted by atomic mass is 9.97. The molecule has 0 saturated heterocycles.